The first-order chi connectivity index (χ1) is 9.98. The van der Waals surface area contributed by atoms with E-state index < -0.39 is 10.0 Å². The van der Waals surface area contributed by atoms with E-state index in [1.165, 1.54) is 16.6 Å². The molecule has 0 N–H and O–H groups in total. The molecule has 0 aliphatic heterocycles. The van der Waals surface area contributed by atoms with Crippen LogP contribution in [0, 0.1) is 6.92 Å². The Bertz CT molecular complexity index is 690. The second-order valence-electron chi connectivity index (χ2n) is 4.63. The van der Waals surface area contributed by atoms with Crippen molar-refractivity contribution in [3.8, 4) is 11.5 Å². The molecular formula is C13H19N3O4S. The number of unbranched alkanes of at least 4 members (excludes halogenated alkanes) is 1. The number of aromatic nitrogens is 2. The van der Waals surface area contributed by atoms with E-state index in [4.69, 9.17) is 8.83 Å². The molecule has 2 rings (SSSR count). The van der Waals surface area contributed by atoms with Crippen LogP contribution in [0.15, 0.2) is 26.3 Å². The molecule has 0 spiro atoms. The molecule has 2 aromatic rings. The van der Waals surface area contributed by atoms with Gasteiger partial charge in [0.2, 0.25) is 11.0 Å². The van der Waals surface area contributed by atoms with E-state index in [0.717, 1.165) is 12.8 Å². The van der Waals surface area contributed by atoms with Gasteiger partial charge in [-0.25, -0.2) is 8.42 Å². The lowest BCUT2D eigenvalue weighted by atomic mass is 10.3. The molecular weight excluding hydrogens is 294 g/mol. The molecule has 2 aromatic heterocycles. The van der Waals surface area contributed by atoms with Gasteiger partial charge >= 0.3 is 0 Å². The molecule has 2 heterocycles. The van der Waals surface area contributed by atoms with Crippen molar-refractivity contribution in [2.75, 3.05) is 13.1 Å². The summed E-state index contributed by atoms with van der Waals surface area (Å²) in [7, 11) is -3.63. The van der Waals surface area contributed by atoms with E-state index in [1.54, 1.807) is 13.8 Å². The van der Waals surface area contributed by atoms with Crippen molar-refractivity contribution in [2.45, 2.75) is 38.7 Å². The lowest BCUT2D eigenvalue weighted by molar-refractivity contribution is 0.383. The Morgan fingerprint density at radius 3 is 2.62 bits per heavy atom. The van der Waals surface area contributed by atoms with Gasteiger partial charge in [0.25, 0.3) is 15.9 Å². The molecule has 0 saturated carbocycles. The van der Waals surface area contributed by atoms with Crippen LogP contribution in [-0.4, -0.2) is 36.0 Å². The fourth-order valence-corrected chi connectivity index (χ4v) is 3.30. The van der Waals surface area contributed by atoms with E-state index >= 15 is 0 Å². The SMILES string of the molecule is CCCCN(CC)S(=O)(=O)c1cc(-c2nnc(C)o2)co1. The van der Waals surface area contributed by atoms with Crippen LogP contribution in [0.25, 0.3) is 11.5 Å². The molecule has 0 bridgehead atoms. The van der Waals surface area contributed by atoms with Crippen LogP contribution in [0.2, 0.25) is 0 Å². The lowest BCUT2D eigenvalue weighted by Gasteiger charge is -2.18. The molecule has 8 heteroatoms. The van der Waals surface area contributed by atoms with Gasteiger partial charge in [-0.1, -0.05) is 20.3 Å². The maximum atomic E-state index is 12.5. The zero-order valence-corrected chi connectivity index (χ0v) is 13.2. The van der Waals surface area contributed by atoms with Gasteiger partial charge in [0, 0.05) is 26.1 Å². The number of aryl methyl sites for hydroxylation is 1. The Morgan fingerprint density at radius 1 is 1.29 bits per heavy atom. The highest BCUT2D eigenvalue weighted by Crippen LogP contribution is 2.25. The van der Waals surface area contributed by atoms with Crippen molar-refractivity contribution < 1.29 is 17.3 Å². The minimum absolute atomic E-state index is 0.105. The van der Waals surface area contributed by atoms with E-state index in [9.17, 15) is 8.42 Å². The van der Waals surface area contributed by atoms with Crippen LogP contribution in [0.4, 0.5) is 0 Å². The first-order valence-electron chi connectivity index (χ1n) is 6.88. The fourth-order valence-electron chi connectivity index (χ4n) is 1.89. The quantitative estimate of drug-likeness (QED) is 0.780. The highest BCUT2D eigenvalue weighted by Gasteiger charge is 2.27. The van der Waals surface area contributed by atoms with Crippen molar-refractivity contribution in [1.29, 1.82) is 0 Å². The van der Waals surface area contributed by atoms with Gasteiger partial charge in [-0.05, 0) is 6.42 Å². The summed E-state index contributed by atoms with van der Waals surface area (Å²) in [5.74, 6) is 0.656. The summed E-state index contributed by atoms with van der Waals surface area (Å²) in [6.45, 7) is 6.36. The Labute approximate surface area is 124 Å². The number of rotatable bonds is 7. The largest absolute Gasteiger partial charge is 0.451 e. The first kappa shape index (κ1) is 15.7. The minimum Gasteiger partial charge on any atom is -0.451 e. The number of nitrogens with zero attached hydrogens (tertiary/aromatic N) is 3. The van der Waals surface area contributed by atoms with Crippen LogP contribution in [0.3, 0.4) is 0 Å². The summed E-state index contributed by atoms with van der Waals surface area (Å²) in [5, 5.41) is 7.44. The van der Waals surface area contributed by atoms with Gasteiger partial charge in [0.15, 0.2) is 0 Å². The standard InChI is InChI=1S/C13H19N3O4S/c1-4-6-7-16(5-2)21(17,18)12-8-11(9-19-12)13-15-14-10(3)20-13/h8-9H,4-7H2,1-3H3. The van der Waals surface area contributed by atoms with E-state index in [-0.39, 0.29) is 11.0 Å². The van der Waals surface area contributed by atoms with Crippen LogP contribution in [-0.2, 0) is 10.0 Å². The molecule has 0 fully saturated rings. The van der Waals surface area contributed by atoms with Crippen LogP contribution >= 0.6 is 0 Å². The third-order valence-electron chi connectivity index (χ3n) is 3.06. The summed E-state index contributed by atoms with van der Waals surface area (Å²) >= 11 is 0. The van der Waals surface area contributed by atoms with Gasteiger partial charge in [-0.15, -0.1) is 10.2 Å². The molecule has 0 saturated heterocycles. The molecule has 0 aliphatic rings. The average Bonchev–Trinajstić information content (AvgIpc) is 3.08. The third-order valence-corrected chi connectivity index (χ3v) is 4.90. The number of furan rings is 1. The molecule has 0 radical (unpaired) electrons. The van der Waals surface area contributed by atoms with E-state index in [2.05, 4.69) is 10.2 Å². The summed E-state index contributed by atoms with van der Waals surface area (Å²) in [4.78, 5) is 0. The molecule has 116 valence electrons. The van der Waals surface area contributed by atoms with Gasteiger partial charge < -0.3 is 8.83 Å². The Morgan fingerprint density at radius 2 is 2.05 bits per heavy atom. The van der Waals surface area contributed by atoms with Gasteiger partial charge in [-0.3, -0.25) is 0 Å². The summed E-state index contributed by atoms with van der Waals surface area (Å²) in [5.41, 5.74) is 0.459. The van der Waals surface area contributed by atoms with Crippen molar-refractivity contribution in [3.63, 3.8) is 0 Å². The number of sulfonamides is 1. The molecule has 21 heavy (non-hydrogen) atoms. The van der Waals surface area contributed by atoms with Crippen LogP contribution in [0.1, 0.15) is 32.6 Å². The maximum absolute atomic E-state index is 12.5. The zero-order valence-electron chi connectivity index (χ0n) is 12.4. The lowest BCUT2D eigenvalue weighted by Crippen LogP contribution is -2.31. The molecule has 0 atom stereocenters. The van der Waals surface area contributed by atoms with E-state index in [0.29, 0.717) is 24.5 Å². The predicted octanol–water partition coefficient (Wildman–Crippen LogP) is 2.45. The van der Waals surface area contributed by atoms with Crippen molar-refractivity contribution in [3.05, 3.63) is 18.2 Å². The highest BCUT2D eigenvalue weighted by molar-refractivity contribution is 7.89. The summed E-state index contributed by atoms with van der Waals surface area (Å²) in [6.07, 6.45) is 3.05. The van der Waals surface area contributed by atoms with Crippen molar-refractivity contribution in [2.24, 2.45) is 0 Å². The molecule has 0 aliphatic carbocycles. The highest BCUT2D eigenvalue weighted by atomic mass is 32.2. The monoisotopic (exact) mass is 313 g/mol. The minimum atomic E-state index is -3.63. The molecule has 0 amide bonds. The maximum Gasteiger partial charge on any atom is 0.276 e. The zero-order chi connectivity index (χ0) is 15.5. The Balaban J connectivity index is 2.26. The predicted molar refractivity (Wildman–Crippen MR) is 76.1 cm³/mol. The summed E-state index contributed by atoms with van der Waals surface area (Å²) in [6, 6.07) is 1.41. The fraction of sp³-hybridized carbons (Fsp3) is 0.538. The molecule has 7 nitrogen and oxygen atoms in total. The van der Waals surface area contributed by atoms with Crippen LogP contribution < -0.4 is 0 Å². The second kappa shape index (κ2) is 6.40. The normalized spacial score (nSPS) is 12.2. The summed E-state index contributed by atoms with van der Waals surface area (Å²) < 4.78 is 36.8. The molecule has 0 aromatic carbocycles. The third kappa shape index (κ3) is 3.33. The van der Waals surface area contributed by atoms with E-state index in [1.807, 2.05) is 6.92 Å². The second-order valence-corrected chi connectivity index (χ2v) is 6.50. The van der Waals surface area contributed by atoms with Gasteiger partial charge in [-0.2, -0.15) is 4.31 Å². The van der Waals surface area contributed by atoms with Crippen molar-refractivity contribution in [1.82, 2.24) is 14.5 Å². The Kier molecular flexibility index (Phi) is 4.79. The molecule has 0 unspecified atom stereocenters. The van der Waals surface area contributed by atoms with Gasteiger partial charge in [0.1, 0.15) is 6.26 Å². The van der Waals surface area contributed by atoms with Crippen LogP contribution in [0.5, 0.6) is 0 Å². The average molecular weight is 313 g/mol. The first-order valence-corrected chi connectivity index (χ1v) is 8.32. The smallest absolute Gasteiger partial charge is 0.276 e. The topological polar surface area (TPSA) is 89.4 Å². The Hall–Kier alpha value is -1.67. The number of hydrogen-bond donors (Lipinski definition) is 0. The van der Waals surface area contributed by atoms with Crippen molar-refractivity contribution >= 4 is 10.0 Å². The number of hydrogen-bond acceptors (Lipinski definition) is 6. The van der Waals surface area contributed by atoms with Gasteiger partial charge in [0.05, 0.1) is 5.56 Å².